The van der Waals surface area contributed by atoms with Crippen LogP contribution >= 0.6 is 0 Å². The minimum atomic E-state index is -2.89. The van der Waals surface area contributed by atoms with Crippen molar-refractivity contribution in [2.75, 3.05) is 0 Å². The molecule has 2 aromatic carbocycles. The second-order valence-electron chi connectivity index (χ2n) is 11.1. The van der Waals surface area contributed by atoms with Crippen molar-refractivity contribution in [3.63, 3.8) is 0 Å². The summed E-state index contributed by atoms with van der Waals surface area (Å²) in [6.45, 7) is 10.6. The molecular weight excluding hydrogens is 424 g/mol. The Hall–Kier alpha value is -2.01. The van der Waals surface area contributed by atoms with Crippen molar-refractivity contribution in [2.45, 2.75) is 83.0 Å². The van der Waals surface area contributed by atoms with Gasteiger partial charge in [-0.2, -0.15) is 0 Å². The van der Waals surface area contributed by atoms with Gasteiger partial charge in [0.2, 0.25) is 0 Å². The maximum atomic E-state index is 12.7. The minimum absolute atomic E-state index is 0.0741. The molecule has 1 N–H and O–H groups in total. The third kappa shape index (κ3) is 3.86. The predicted molar refractivity (Wildman–Crippen MR) is 137 cm³/mol. The number of ketones is 1. The van der Waals surface area contributed by atoms with Crippen LogP contribution in [0.15, 0.2) is 72.3 Å². The van der Waals surface area contributed by atoms with Crippen LogP contribution < -0.4 is 10.4 Å². The van der Waals surface area contributed by atoms with E-state index >= 15 is 0 Å². The van der Waals surface area contributed by atoms with Crippen LogP contribution in [0.4, 0.5) is 0 Å². The Balaban J connectivity index is 1.98. The number of fused-ring (bicyclic) bond motifs is 1. The number of benzene rings is 2. The zero-order valence-corrected chi connectivity index (χ0v) is 21.7. The van der Waals surface area contributed by atoms with E-state index in [0.29, 0.717) is 25.7 Å². The second kappa shape index (κ2) is 8.64. The summed E-state index contributed by atoms with van der Waals surface area (Å²) in [5, 5.41) is 14.6. The fourth-order valence-electron chi connectivity index (χ4n) is 6.32. The summed E-state index contributed by atoms with van der Waals surface area (Å²) in [6, 6.07) is 21.2. The van der Waals surface area contributed by atoms with Gasteiger partial charge in [0.15, 0.2) is 0 Å². The van der Waals surface area contributed by atoms with E-state index in [1.54, 1.807) is 6.92 Å². The van der Waals surface area contributed by atoms with Crippen molar-refractivity contribution in [2.24, 2.45) is 5.92 Å². The fraction of sp³-hybridized carbons (Fsp3) is 0.483. The molecule has 3 nitrogen and oxygen atoms in total. The maximum Gasteiger partial charge on any atom is 0.261 e. The van der Waals surface area contributed by atoms with Crippen molar-refractivity contribution in [3.8, 4) is 0 Å². The number of Topliss-reactive ketones (excluding diaryl/α,β-unsaturated/α-hetero) is 1. The molecule has 0 bridgehead atoms. The second-order valence-corrected chi connectivity index (χ2v) is 15.4. The number of carbonyl (C=O) groups is 1. The van der Waals surface area contributed by atoms with Gasteiger partial charge in [-0.1, -0.05) is 93.1 Å². The molecule has 0 unspecified atom stereocenters. The maximum absolute atomic E-state index is 12.7. The molecule has 0 amide bonds. The van der Waals surface area contributed by atoms with E-state index in [1.165, 1.54) is 15.9 Å². The summed E-state index contributed by atoms with van der Waals surface area (Å²) in [5.74, 6) is -0.306. The molecule has 0 radical (unpaired) electrons. The Bertz CT molecular complexity index is 984. The number of allylic oxidation sites excluding steroid dienone is 1. The van der Waals surface area contributed by atoms with Crippen molar-refractivity contribution in [3.05, 3.63) is 72.3 Å². The highest BCUT2D eigenvalue weighted by Gasteiger charge is 2.65. The number of hydrogen-bond donors (Lipinski definition) is 1. The summed E-state index contributed by atoms with van der Waals surface area (Å²) in [5.41, 5.74) is -0.683. The third-order valence-electron chi connectivity index (χ3n) is 8.14. The van der Waals surface area contributed by atoms with Crippen molar-refractivity contribution < 1.29 is 14.3 Å². The van der Waals surface area contributed by atoms with Gasteiger partial charge in [0.05, 0.1) is 5.60 Å². The molecule has 2 aliphatic rings. The highest BCUT2D eigenvalue weighted by atomic mass is 28.4. The first-order chi connectivity index (χ1) is 15.6. The lowest BCUT2D eigenvalue weighted by atomic mass is 9.75. The van der Waals surface area contributed by atoms with Crippen LogP contribution in [0, 0.1) is 5.92 Å². The molecule has 3 atom stereocenters. The molecule has 2 aromatic rings. The molecular formula is C29H38O3Si. The van der Waals surface area contributed by atoms with Gasteiger partial charge < -0.3 is 9.53 Å². The van der Waals surface area contributed by atoms with E-state index in [-0.39, 0.29) is 16.7 Å². The Morgan fingerprint density at radius 2 is 1.55 bits per heavy atom. The Morgan fingerprint density at radius 3 is 2.03 bits per heavy atom. The smallest absolute Gasteiger partial charge is 0.261 e. The van der Waals surface area contributed by atoms with Gasteiger partial charge in [-0.3, -0.25) is 4.79 Å². The average Bonchev–Trinajstić information content (AvgIpc) is 3.00. The van der Waals surface area contributed by atoms with Gasteiger partial charge in [0.25, 0.3) is 8.32 Å². The number of rotatable bonds is 5. The summed E-state index contributed by atoms with van der Waals surface area (Å²) in [7, 11) is -2.89. The zero-order chi connectivity index (χ0) is 23.9. The van der Waals surface area contributed by atoms with E-state index in [9.17, 15) is 9.90 Å². The first kappa shape index (κ1) is 24.1. The zero-order valence-electron chi connectivity index (χ0n) is 20.7. The van der Waals surface area contributed by atoms with Crippen LogP contribution in [0.2, 0.25) is 5.04 Å². The number of carbonyl (C=O) groups excluding carboxylic acids is 1. The van der Waals surface area contributed by atoms with Crippen LogP contribution in [0.3, 0.4) is 0 Å². The molecule has 2 aliphatic carbocycles. The molecule has 1 saturated carbocycles. The molecule has 176 valence electrons. The Morgan fingerprint density at radius 1 is 1.00 bits per heavy atom. The Labute approximate surface area is 200 Å². The summed E-state index contributed by atoms with van der Waals surface area (Å²) < 4.78 is 7.63. The Kier molecular flexibility index (Phi) is 6.32. The molecule has 0 saturated heterocycles. The van der Waals surface area contributed by atoms with Crippen molar-refractivity contribution in [1.29, 1.82) is 0 Å². The topological polar surface area (TPSA) is 46.5 Å². The SMILES string of the molecule is CC(=O)[C@@H]1CC[C@@]2(O[Si](c3ccccc3)(c3ccccc3)C(C)(C)C)CC=C(C)CC[C@]12O. The van der Waals surface area contributed by atoms with Crippen LogP contribution in [0.5, 0.6) is 0 Å². The monoisotopic (exact) mass is 462 g/mol. The standard InChI is InChI=1S/C29H38O3Si/c1-22-16-19-28(20-18-26(23(2)30)29(28,31)21-17-22)32-33(27(3,4)5,24-12-8-6-9-13-24)25-14-10-7-11-15-25/h6-16,26,31H,17-21H2,1-5H3/t26-,28-,29-/m0/s1. The largest absolute Gasteiger partial charge is 0.399 e. The van der Waals surface area contributed by atoms with Crippen LogP contribution in [0.1, 0.15) is 66.7 Å². The van der Waals surface area contributed by atoms with E-state index in [0.717, 1.165) is 6.42 Å². The average molecular weight is 463 g/mol. The van der Waals surface area contributed by atoms with Gasteiger partial charge >= 0.3 is 0 Å². The van der Waals surface area contributed by atoms with Gasteiger partial charge in [-0.15, -0.1) is 0 Å². The normalized spacial score (nSPS) is 28.1. The van der Waals surface area contributed by atoms with E-state index < -0.39 is 19.5 Å². The van der Waals surface area contributed by atoms with Crippen molar-refractivity contribution in [1.82, 2.24) is 0 Å². The molecule has 4 rings (SSSR count). The van der Waals surface area contributed by atoms with Gasteiger partial charge in [0.1, 0.15) is 11.4 Å². The van der Waals surface area contributed by atoms with Crippen LogP contribution in [-0.4, -0.2) is 30.4 Å². The summed E-state index contributed by atoms with van der Waals surface area (Å²) >= 11 is 0. The van der Waals surface area contributed by atoms with E-state index in [4.69, 9.17) is 4.43 Å². The molecule has 0 spiro atoms. The van der Waals surface area contributed by atoms with Crippen LogP contribution in [-0.2, 0) is 9.22 Å². The lowest BCUT2D eigenvalue weighted by molar-refractivity contribution is -0.154. The summed E-state index contributed by atoms with van der Waals surface area (Å²) in [6.07, 6.45) is 5.63. The predicted octanol–water partition coefficient (Wildman–Crippen LogP) is 5.16. The van der Waals surface area contributed by atoms with Crippen LogP contribution in [0.25, 0.3) is 0 Å². The molecule has 0 aliphatic heterocycles. The quantitative estimate of drug-likeness (QED) is 0.493. The lowest BCUT2D eigenvalue weighted by Crippen LogP contribution is -2.72. The molecule has 0 aromatic heterocycles. The van der Waals surface area contributed by atoms with E-state index in [1.807, 2.05) is 12.1 Å². The first-order valence-electron chi connectivity index (χ1n) is 12.3. The minimum Gasteiger partial charge on any atom is -0.399 e. The lowest BCUT2D eigenvalue weighted by Gasteiger charge is -2.53. The third-order valence-corrected chi connectivity index (χ3v) is 13.2. The molecule has 33 heavy (non-hydrogen) atoms. The summed E-state index contributed by atoms with van der Waals surface area (Å²) in [4.78, 5) is 12.7. The van der Waals surface area contributed by atoms with E-state index in [2.05, 4.69) is 82.3 Å². The van der Waals surface area contributed by atoms with Gasteiger partial charge in [-0.25, -0.2) is 0 Å². The molecule has 0 heterocycles. The molecule has 4 heteroatoms. The highest BCUT2D eigenvalue weighted by Crippen LogP contribution is 2.55. The first-order valence-corrected chi connectivity index (χ1v) is 14.2. The van der Waals surface area contributed by atoms with Gasteiger partial charge in [0, 0.05) is 5.92 Å². The van der Waals surface area contributed by atoms with Gasteiger partial charge in [-0.05, 0) is 61.4 Å². The fourth-order valence-corrected chi connectivity index (χ4v) is 11.2. The number of aliphatic hydroxyl groups is 1. The highest BCUT2D eigenvalue weighted by molar-refractivity contribution is 6.99. The van der Waals surface area contributed by atoms with Crippen molar-refractivity contribution >= 4 is 24.5 Å². The molecule has 1 fully saturated rings. The number of hydrogen-bond acceptors (Lipinski definition) is 3.